The van der Waals surface area contributed by atoms with Crippen molar-refractivity contribution in [1.82, 2.24) is 4.90 Å². The zero-order valence-electron chi connectivity index (χ0n) is 18.4. The number of anilines is 1. The Bertz CT molecular complexity index is 978. The van der Waals surface area contributed by atoms with Crippen molar-refractivity contribution in [2.75, 3.05) is 18.0 Å². The van der Waals surface area contributed by atoms with Crippen LogP contribution in [0.2, 0.25) is 0 Å². The van der Waals surface area contributed by atoms with E-state index in [9.17, 15) is 9.59 Å². The lowest BCUT2D eigenvalue weighted by molar-refractivity contribution is 0.0290. The lowest BCUT2D eigenvalue weighted by atomic mass is 9.81. The van der Waals surface area contributed by atoms with Gasteiger partial charge in [-0.3, -0.25) is 4.79 Å². The SMILES string of the molecule is CCc1cc(C)c2c(c1)C1CN(C(=O)OC(C)(C)C)CC1N(c1ccccc1)C2=O. The Morgan fingerprint density at radius 2 is 1.83 bits per heavy atom. The molecule has 0 aliphatic carbocycles. The second-order valence-corrected chi connectivity index (χ2v) is 9.30. The van der Waals surface area contributed by atoms with Crippen molar-refractivity contribution in [2.45, 2.75) is 58.6 Å². The summed E-state index contributed by atoms with van der Waals surface area (Å²) in [6, 6.07) is 13.9. The summed E-state index contributed by atoms with van der Waals surface area (Å²) in [6.45, 7) is 10.8. The lowest BCUT2D eigenvalue weighted by Crippen LogP contribution is -2.49. The highest BCUT2D eigenvalue weighted by Gasteiger charge is 2.48. The number of aryl methyl sites for hydroxylation is 2. The van der Waals surface area contributed by atoms with Gasteiger partial charge < -0.3 is 14.5 Å². The van der Waals surface area contributed by atoms with E-state index in [4.69, 9.17) is 4.74 Å². The Kier molecular flexibility index (Phi) is 5.08. The minimum Gasteiger partial charge on any atom is -0.444 e. The van der Waals surface area contributed by atoms with Gasteiger partial charge in [0.15, 0.2) is 0 Å². The van der Waals surface area contributed by atoms with Crippen LogP contribution in [0.5, 0.6) is 0 Å². The Morgan fingerprint density at radius 1 is 1.13 bits per heavy atom. The van der Waals surface area contributed by atoms with E-state index >= 15 is 0 Å². The summed E-state index contributed by atoms with van der Waals surface area (Å²) < 4.78 is 5.64. The van der Waals surface area contributed by atoms with Crippen LogP contribution >= 0.6 is 0 Å². The fourth-order valence-corrected chi connectivity index (χ4v) is 4.68. The van der Waals surface area contributed by atoms with Gasteiger partial charge in [0.1, 0.15) is 5.60 Å². The van der Waals surface area contributed by atoms with Gasteiger partial charge in [0.2, 0.25) is 0 Å². The maximum Gasteiger partial charge on any atom is 0.410 e. The van der Waals surface area contributed by atoms with Crippen LogP contribution in [0.3, 0.4) is 0 Å². The van der Waals surface area contributed by atoms with Crippen molar-refractivity contribution in [3.63, 3.8) is 0 Å². The summed E-state index contributed by atoms with van der Waals surface area (Å²) >= 11 is 0. The summed E-state index contributed by atoms with van der Waals surface area (Å²) in [5.41, 5.74) is 4.40. The van der Waals surface area contributed by atoms with E-state index in [0.29, 0.717) is 13.1 Å². The van der Waals surface area contributed by atoms with Crippen LogP contribution in [0.4, 0.5) is 10.5 Å². The second-order valence-electron chi connectivity index (χ2n) is 9.30. The second kappa shape index (κ2) is 7.46. The molecule has 158 valence electrons. The van der Waals surface area contributed by atoms with Gasteiger partial charge in [0, 0.05) is 30.3 Å². The molecule has 5 heteroatoms. The predicted octanol–water partition coefficient (Wildman–Crippen LogP) is 4.92. The zero-order chi connectivity index (χ0) is 21.6. The monoisotopic (exact) mass is 406 g/mol. The van der Waals surface area contributed by atoms with Gasteiger partial charge in [-0.2, -0.15) is 0 Å². The first-order valence-electron chi connectivity index (χ1n) is 10.7. The standard InChI is InChI=1S/C25H30N2O3/c1-6-17-12-16(2)22-19(13-17)20-14-26(24(29)30-25(3,4)5)15-21(20)27(23(22)28)18-10-8-7-9-11-18/h7-13,20-21H,6,14-15H2,1-5H3. The third-order valence-electron chi connectivity index (χ3n) is 5.97. The fourth-order valence-electron chi connectivity index (χ4n) is 4.68. The van der Waals surface area contributed by atoms with Crippen molar-refractivity contribution in [3.05, 3.63) is 64.7 Å². The van der Waals surface area contributed by atoms with Crippen molar-refractivity contribution >= 4 is 17.7 Å². The molecule has 2 aliphatic rings. The number of fused-ring (bicyclic) bond motifs is 3. The van der Waals surface area contributed by atoms with E-state index in [1.807, 2.05) is 62.9 Å². The van der Waals surface area contributed by atoms with Crippen LogP contribution < -0.4 is 4.90 Å². The van der Waals surface area contributed by atoms with Crippen molar-refractivity contribution in [2.24, 2.45) is 0 Å². The van der Waals surface area contributed by atoms with Gasteiger partial charge in [0.25, 0.3) is 5.91 Å². The number of amides is 2. The Hall–Kier alpha value is -2.82. The predicted molar refractivity (Wildman–Crippen MR) is 118 cm³/mol. The molecular weight excluding hydrogens is 376 g/mol. The average molecular weight is 407 g/mol. The molecule has 0 spiro atoms. The zero-order valence-corrected chi connectivity index (χ0v) is 18.4. The van der Waals surface area contributed by atoms with Crippen LogP contribution in [0.1, 0.15) is 60.7 Å². The Balaban J connectivity index is 1.79. The molecule has 2 atom stereocenters. The van der Waals surface area contributed by atoms with Crippen molar-refractivity contribution in [1.29, 1.82) is 0 Å². The van der Waals surface area contributed by atoms with Gasteiger partial charge in [-0.25, -0.2) is 4.79 Å². The smallest absolute Gasteiger partial charge is 0.410 e. The molecule has 2 aliphatic heterocycles. The molecule has 2 unspecified atom stereocenters. The van der Waals surface area contributed by atoms with Crippen LogP contribution in [-0.2, 0) is 11.2 Å². The maximum atomic E-state index is 13.7. The normalized spacial score (nSPS) is 20.8. The molecule has 0 N–H and O–H groups in total. The highest BCUT2D eigenvalue weighted by molar-refractivity contribution is 6.10. The first-order valence-corrected chi connectivity index (χ1v) is 10.7. The highest BCUT2D eigenvalue weighted by atomic mass is 16.6. The Labute approximate surface area is 178 Å². The molecule has 1 saturated heterocycles. The minimum atomic E-state index is -0.552. The number of ether oxygens (including phenoxy) is 1. The van der Waals surface area contributed by atoms with E-state index in [1.165, 1.54) is 5.56 Å². The van der Waals surface area contributed by atoms with Crippen molar-refractivity contribution in [3.8, 4) is 0 Å². The van der Waals surface area contributed by atoms with Gasteiger partial charge in [-0.1, -0.05) is 37.3 Å². The van der Waals surface area contributed by atoms with Crippen molar-refractivity contribution < 1.29 is 14.3 Å². The quantitative estimate of drug-likeness (QED) is 0.711. The highest BCUT2D eigenvalue weighted by Crippen LogP contribution is 2.42. The third kappa shape index (κ3) is 3.57. The number of para-hydroxylation sites is 1. The average Bonchev–Trinajstić information content (AvgIpc) is 3.12. The number of benzene rings is 2. The number of hydrogen-bond donors (Lipinski definition) is 0. The van der Waals surface area contributed by atoms with E-state index in [1.54, 1.807) is 4.90 Å². The topological polar surface area (TPSA) is 49.9 Å². The van der Waals surface area contributed by atoms with Crippen LogP contribution in [0, 0.1) is 6.92 Å². The van der Waals surface area contributed by atoms with E-state index in [-0.39, 0.29) is 24.0 Å². The molecule has 0 bridgehead atoms. The molecule has 0 aromatic heterocycles. The maximum absolute atomic E-state index is 13.7. The van der Waals surface area contributed by atoms with E-state index in [2.05, 4.69) is 19.1 Å². The molecule has 2 amide bonds. The molecule has 4 rings (SSSR count). The summed E-state index contributed by atoms with van der Waals surface area (Å²) in [4.78, 5) is 30.1. The van der Waals surface area contributed by atoms with Gasteiger partial charge in [-0.15, -0.1) is 0 Å². The molecule has 1 fully saturated rings. The third-order valence-corrected chi connectivity index (χ3v) is 5.97. The molecule has 0 saturated carbocycles. The fraction of sp³-hybridized carbons (Fsp3) is 0.440. The largest absolute Gasteiger partial charge is 0.444 e. The van der Waals surface area contributed by atoms with Crippen LogP contribution in [0.25, 0.3) is 0 Å². The number of carbonyl (C=O) groups excluding carboxylic acids is 2. The lowest BCUT2D eigenvalue weighted by Gasteiger charge is -2.39. The molecule has 0 radical (unpaired) electrons. The number of likely N-dealkylation sites (tertiary alicyclic amines) is 1. The Morgan fingerprint density at radius 3 is 2.47 bits per heavy atom. The number of carbonyl (C=O) groups is 2. The van der Waals surface area contributed by atoms with Gasteiger partial charge in [0.05, 0.1) is 6.04 Å². The minimum absolute atomic E-state index is 0.0173. The van der Waals surface area contributed by atoms with E-state index < -0.39 is 5.60 Å². The van der Waals surface area contributed by atoms with Gasteiger partial charge >= 0.3 is 6.09 Å². The summed E-state index contributed by atoms with van der Waals surface area (Å²) in [5.74, 6) is 0.0827. The first kappa shape index (κ1) is 20.5. The summed E-state index contributed by atoms with van der Waals surface area (Å²) in [6.07, 6.45) is 0.597. The summed E-state index contributed by atoms with van der Waals surface area (Å²) in [5, 5.41) is 0. The van der Waals surface area contributed by atoms with Gasteiger partial charge in [-0.05, 0) is 62.9 Å². The summed E-state index contributed by atoms with van der Waals surface area (Å²) in [7, 11) is 0. The van der Waals surface area contributed by atoms with Crippen LogP contribution in [-0.4, -0.2) is 41.6 Å². The molecular formula is C25H30N2O3. The molecule has 30 heavy (non-hydrogen) atoms. The molecule has 2 aromatic rings. The van der Waals surface area contributed by atoms with E-state index in [0.717, 1.165) is 28.8 Å². The first-order chi connectivity index (χ1) is 14.2. The molecule has 2 aromatic carbocycles. The number of nitrogens with zero attached hydrogens (tertiary/aromatic N) is 2. The number of rotatable bonds is 2. The molecule has 2 heterocycles. The number of hydrogen-bond acceptors (Lipinski definition) is 3. The molecule has 5 nitrogen and oxygen atoms in total. The van der Waals surface area contributed by atoms with Crippen LogP contribution in [0.15, 0.2) is 42.5 Å².